The van der Waals surface area contributed by atoms with Crippen LogP contribution in [-0.4, -0.2) is 81.7 Å². The van der Waals surface area contributed by atoms with Crippen LogP contribution in [-0.2, 0) is 40.2 Å². The molecule has 8 aromatic carbocycles. The minimum absolute atomic E-state index is 0. The maximum Gasteiger partial charge on any atom is 3.00 e. The maximum absolute atomic E-state index is 14.3. The summed E-state index contributed by atoms with van der Waals surface area (Å²) in [5.74, 6) is -0.504. The summed E-state index contributed by atoms with van der Waals surface area (Å²) in [5, 5.41) is 0. The number of amides is 4. The first-order chi connectivity index (χ1) is 45.9. The molecule has 0 unspecified atom stereocenters. The van der Waals surface area contributed by atoms with Crippen molar-refractivity contribution in [2.45, 2.75) is 0 Å². The largest absolute Gasteiger partial charge is 3.00 e. The van der Waals surface area contributed by atoms with Crippen LogP contribution < -0.4 is 19.6 Å². The van der Waals surface area contributed by atoms with E-state index in [9.17, 15) is 19.2 Å². The van der Waals surface area contributed by atoms with Crippen molar-refractivity contribution in [1.82, 2.24) is 29.9 Å². The van der Waals surface area contributed by atoms with Gasteiger partial charge in [0.1, 0.15) is 0 Å². The fraction of sp³-hybridized carbons (Fsp3) is 0.0500. The van der Waals surface area contributed by atoms with Crippen LogP contribution in [0.2, 0.25) is 0 Å². The van der Waals surface area contributed by atoms with E-state index >= 15 is 0 Å². The van der Waals surface area contributed by atoms with Gasteiger partial charge in [-0.1, -0.05) is 84.4 Å². The van der Waals surface area contributed by atoms with Crippen LogP contribution in [0.5, 0.6) is 0 Å². The molecule has 13 rings (SSSR count). The number of benzene rings is 8. The molecule has 0 radical (unpaired) electrons. The van der Waals surface area contributed by atoms with Crippen molar-refractivity contribution in [3.63, 3.8) is 0 Å². The second kappa shape index (κ2) is 31.5. The monoisotopic (exact) mass is 1610 g/mol. The van der Waals surface area contributed by atoms with E-state index in [1.54, 1.807) is 136 Å². The average Bonchev–Trinajstić information content (AvgIpc) is 0.797. The standard InChI is InChI=1S/C48H32N6O2.C32H24N4O2.2Ir/c1-53(40-22-18-34(19-23-40)44-12-5-7-26-49-44)47(55)38-30-37(43-11-4-3-10-42(43)33-14-16-36(17-15-33)46-51-28-9-29-52-46)31-39(32-38)48(56)54(2)41-24-20-35(21-25-41)45-13-6-8-27-50-45;1-35(27-16-12-23(13-17-27)29-10-3-5-20-33-29)31(37)25-8-7-9-26(22-25)32(38)36(2)28-18-14-24(15-19-28)30-11-4-6-21-34-30;;/h3-15,18,20,22-32H,1-2H3;3-12,14,16-22H,1-2H3;;/q-4;-2;2*+3. The van der Waals surface area contributed by atoms with Crippen LogP contribution in [0.15, 0.2) is 268 Å². The van der Waals surface area contributed by atoms with Crippen molar-refractivity contribution < 1.29 is 59.4 Å². The Hall–Kier alpha value is -11.4. The van der Waals surface area contributed by atoms with Gasteiger partial charge in [-0.2, -0.15) is 5.56 Å². The van der Waals surface area contributed by atoms with E-state index in [0.29, 0.717) is 62.0 Å². The molecule has 0 saturated carbocycles. The van der Waals surface area contributed by atoms with Crippen molar-refractivity contribution in [2.75, 3.05) is 47.8 Å². The van der Waals surface area contributed by atoms with Gasteiger partial charge in [0.15, 0.2) is 0 Å². The van der Waals surface area contributed by atoms with E-state index in [0.717, 1.165) is 61.7 Å². The fourth-order valence-electron chi connectivity index (χ4n) is 10.4. The molecule has 4 amide bonds. The van der Waals surface area contributed by atoms with Gasteiger partial charge in [-0.15, -0.1) is 119 Å². The Morgan fingerprint density at radius 1 is 0.292 bits per heavy atom. The molecule has 16 heteroatoms. The first-order valence-electron chi connectivity index (χ1n) is 29.8. The Labute approximate surface area is 584 Å². The number of rotatable bonds is 15. The van der Waals surface area contributed by atoms with Crippen LogP contribution in [0.1, 0.15) is 41.4 Å². The summed E-state index contributed by atoms with van der Waals surface area (Å²) in [7, 11) is 6.82. The maximum atomic E-state index is 14.3. The number of pyridine rings is 4. The Balaban J connectivity index is 0.000000219. The Morgan fingerprint density at radius 3 is 0.927 bits per heavy atom. The van der Waals surface area contributed by atoms with Gasteiger partial charge in [-0.3, -0.25) is 31.3 Å². The zero-order chi connectivity index (χ0) is 64.9. The molecule has 0 atom stereocenters. The van der Waals surface area contributed by atoms with Gasteiger partial charge in [0.2, 0.25) is 23.6 Å². The fourth-order valence-corrected chi connectivity index (χ4v) is 10.4. The second-order valence-corrected chi connectivity index (χ2v) is 21.6. The molecule has 0 N–H and O–H groups in total. The summed E-state index contributed by atoms with van der Waals surface area (Å²) >= 11 is 0. The molecule has 0 aliphatic carbocycles. The molecule has 13 aromatic rings. The van der Waals surface area contributed by atoms with E-state index in [1.807, 2.05) is 170 Å². The molecule has 96 heavy (non-hydrogen) atoms. The van der Waals surface area contributed by atoms with Crippen LogP contribution in [0.3, 0.4) is 0 Å². The number of nitrogens with zero attached hydrogens (tertiary/aromatic N) is 10. The van der Waals surface area contributed by atoms with Crippen molar-refractivity contribution in [3.8, 4) is 78.7 Å². The van der Waals surface area contributed by atoms with Gasteiger partial charge in [0.25, 0.3) is 0 Å². The topological polar surface area (TPSA) is 159 Å². The van der Waals surface area contributed by atoms with E-state index in [2.05, 4.69) is 66.3 Å². The third-order valence-corrected chi connectivity index (χ3v) is 15.6. The van der Waals surface area contributed by atoms with Crippen molar-refractivity contribution in [3.05, 3.63) is 326 Å². The van der Waals surface area contributed by atoms with Crippen molar-refractivity contribution >= 4 is 46.4 Å². The van der Waals surface area contributed by atoms with Crippen LogP contribution in [0, 0.1) is 36.4 Å². The zero-order valence-electron chi connectivity index (χ0n) is 52.2. The third-order valence-electron chi connectivity index (χ3n) is 15.6. The third kappa shape index (κ3) is 15.6. The van der Waals surface area contributed by atoms with Crippen molar-refractivity contribution in [1.29, 1.82) is 0 Å². The molecule has 468 valence electrons. The first kappa shape index (κ1) is 67.5. The Bertz CT molecular complexity index is 4540. The first-order valence-corrected chi connectivity index (χ1v) is 29.8. The average molecular weight is 1610 g/mol. The number of aromatic nitrogens is 6. The van der Waals surface area contributed by atoms with Gasteiger partial charge >= 0.3 is 40.2 Å². The van der Waals surface area contributed by atoms with Gasteiger partial charge in [-0.05, 0) is 129 Å². The van der Waals surface area contributed by atoms with E-state index < -0.39 is 0 Å². The Kier molecular flexibility index (Phi) is 22.1. The molecule has 0 aliphatic rings. The van der Waals surface area contributed by atoms with Gasteiger partial charge in [-0.25, -0.2) is 17.7 Å². The number of carbonyl (C=O) groups is 4. The quantitative estimate of drug-likeness (QED) is 0.0904. The zero-order valence-corrected chi connectivity index (χ0v) is 57.0. The summed E-state index contributed by atoms with van der Waals surface area (Å²) in [4.78, 5) is 87.5. The molecular weight excluding hydrogens is 1550 g/mol. The summed E-state index contributed by atoms with van der Waals surface area (Å²) in [6, 6.07) is 89.6. The molecular formula is C80H56Ir2N10O4. The summed E-state index contributed by atoms with van der Waals surface area (Å²) in [6.07, 6.45) is 10.3. The molecule has 0 spiro atoms. The van der Waals surface area contributed by atoms with Gasteiger partial charge < -0.3 is 49.5 Å². The molecule has 0 saturated heterocycles. The van der Waals surface area contributed by atoms with Crippen LogP contribution in [0.25, 0.3) is 78.7 Å². The number of carbonyl (C=O) groups excluding carboxylic acids is 4. The Morgan fingerprint density at radius 2 is 0.604 bits per heavy atom. The van der Waals surface area contributed by atoms with E-state index in [4.69, 9.17) is 0 Å². The molecule has 0 aliphatic heterocycles. The van der Waals surface area contributed by atoms with E-state index in [1.165, 1.54) is 9.80 Å². The molecule has 0 fully saturated rings. The summed E-state index contributed by atoms with van der Waals surface area (Å²) in [6.45, 7) is 0. The van der Waals surface area contributed by atoms with Gasteiger partial charge in [0, 0.05) is 87.6 Å². The minimum Gasteiger partial charge on any atom is -0.351 e. The number of anilines is 4. The minimum atomic E-state index is -0.290. The summed E-state index contributed by atoms with van der Waals surface area (Å²) < 4.78 is 0. The smallest absolute Gasteiger partial charge is 0.351 e. The van der Waals surface area contributed by atoms with E-state index in [-0.39, 0.29) is 63.8 Å². The predicted octanol–water partition coefficient (Wildman–Crippen LogP) is 15.3. The van der Waals surface area contributed by atoms with Crippen LogP contribution >= 0.6 is 0 Å². The van der Waals surface area contributed by atoms with Crippen molar-refractivity contribution in [2.24, 2.45) is 0 Å². The number of hydrogen-bond donors (Lipinski definition) is 0. The normalized spacial score (nSPS) is 10.5. The van der Waals surface area contributed by atoms with Gasteiger partial charge in [0.05, 0.1) is 0 Å². The molecule has 14 nitrogen and oxygen atoms in total. The second-order valence-electron chi connectivity index (χ2n) is 21.6. The predicted molar refractivity (Wildman–Crippen MR) is 367 cm³/mol. The van der Waals surface area contributed by atoms with Crippen LogP contribution in [0.4, 0.5) is 22.7 Å². The molecule has 0 bridgehead atoms. The SMILES string of the molecule is CN(C(=O)c1cc(C(=O)N(C)c2c[c-]c(-c3ccccn3)cc2)cc(-c2ccccc2-c2c[c-]c(-c3ncccn3)[c-]c2)c1)c1c[c-]c(-c2ccccn2)cc1.CN(C(=O)c1cccc(C(=O)N(C)c2c[c-]c(-c3ccccn3)cc2)c1)c1c[c-]c(-c2ccccn2)cc1.[Ir+3].[Ir+3]. The molecule has 5 heterocycles. The molecule has 5 aromatic heterocycles. The summed E-state index contributed by atoms with van der Waals surface area (Å²) in [5.41, 5.74) is 14.6. The number of hydrogen-bond acceptors (Lipinski definition) is 10.